The molecule has 0 amide bonds. The highest BCUT2D eigenvalue weighted by atomic mass is 127. The van der Waals surface area contributed by atoms with Gasteiger partial charge in [0.15, 0.2) is 5.96 Å². The van der Waals surface area contributed by atoms with Gasteiger partial charge in [0.25, 0.3) is 0 Å². The molecule has 2 N–H and O–H groups in total. The quantitative estimate of drug-likeness (QED) is 0.287. The van der Waals surface area contributed by atoms with Gasteiger partial charge in [-0.1, -0.05) is 36.8 Å². The minimum atomic E-state index is 0. The number of aromatic nitrogens is 3. The highest BCUT2D eigenvalue weighted by Gasteiger charge is 2.14. The minimum Gasteiger partial charge on any atom is -0.356 e. The van der Waals surface area contributed by atoms with Crippen LogP contribution < -0.4 is 10.6 Å². The van der Waals surface area contributed by atoms with Crippen LogP contribution in [0.2, 0.25) is 0 Å². The molecule has 27 heavy (non-hydrogen) atoms. The van der Waals surface area contributed by atoms with Gasteiger partial charge in [-0.3, -0.25) is 4.99 Å². The van der Waals surface area contributed by atoms with E-state index >= 15 is 0 Å². The zero-order chi connectivity index (χ0) is 18.2. The molecular weight excluding hydrogens is 451 g/mol. The number of hydrogen-bond donors (Lipinski definition) is 2. The van der Waals surface area contributed by atoms with Gasteiger partial charge < -0.3 is 15.2 Å². The lowest BCUT2D eigenvalue weighted by atomic mass is 10.1. The molecule has 1 aliphatic rings. The van der Waals surface area contributed by atoms with Crippen molar-refractivity contribution < 1.29 is 0 Å². The first kappa shape index (κ1) is 21.7. The van der Waals surface area contributed by atoms with E-state index in [1.165, 1.54) is 30.7 Å². The maximum Gasteiger partial charge on any atom is 0.191 e. The van der Waals surface area contributed by atoms with Gasteiger partial charge in [0.05, 0.1) is 6.04 Å². The molecule has 7 heteroatoms. The molecule has 2 aromatic rings. The Hall–Kier alpha value is -1.64. The van der Waals surface area contributed by atoms with E-state index in [9.17, 15) is 0 Å². The molecule has 1 aromatic heterocycles. The zero-order valence-corrected chi connectivity index (χ0v) is 18.6. The third-order valence-corrected chi connectivity index (χ3v) is 4.93. The van der Waals surface area contributed by atoms with E-state index in [1.54, 1.807) is 0 Å². The van der Waals surface area contributed by atoms with E-state index in [0.717, 1.165) is 44.1 Å². The number of benzene rings is 1. The van der Waals surface area contributed by atoms with Crippen molar-refractivity contribution >= 4 is 29.9 Å². The molecule has 3 rings (SSSR count). The van der Waals surface area contributed by atoms with Crippen molar-refractivity contribution in [2.24, 2.45) is 4.99 Å². The highest BCUT2D eigenvalue weighted by Crippen LogP contribution is 2.15. The van der Waals surface area contributed by atoms with Gasteiger partial charge in [-0.2, -0.15) is 0 Å². The van der Waals surface area contributed by atoms with Crippen LogP contribution in [-0.4, -0.2) is 34.3 Å². The molecule has 0 bridgehead atoms. The Bertz CT molecular complexity index is 713. The van der Waals surface area contributed by atoms with Gasteiger partial charge in [0, 0.05) is 33.0 Å². The maximum absolute atomic E-state index is 4.40. The number of hydrogen-bond acceptors (Lipinski definition) is 3. The predicted octanol–water partition coefficient (Wildman–Crippen LogP) is 3.48. The Balaban J connectivity index is 0.00000261. The van der Waals surface area contributed by atoms with Gasteiger partial charge in [-0.15, -0.1) is 34.2 Å². The van der Waals surface area contributed by atoms with Crippen LogP contribution in [0.1, 0.15) is 55.9 Å². The number of guanidine groups is 1. The van der Waals surface area contributed by atoms with Crippen LogP contribution in [0.4, 0.5) is 0 Å². The Morgan fingerprint density at radius 3 is 2.78 bits per heavy atom. The van der Waals surface area contributed by atoms with E-state index in [1.807, 2.05) is 13.1 Å². The molecule has 1 unspecified atom stereocenters. The largest absolute Gasteiger partial charge is 0.356 e. The number of halogens is 1. The van der Waals surface area contributed by atoms with E-state index in [0.29, 0.717) is 0 Å². The van der Waals surface area contributed by atoms with E-state index in [-0.39, 0.29) is 30.0 Å². The van der Waals surface area contributed by atoms with Crippen LogP contribution in [0.25, 0.3) is 0 Å². The SMILES string of the molecule is CN=C(NCCCc1nnc2n1CCCCC2)NC(C)c1ccccc1.I. The molecule has 6 nitrogen and oxygen atoms in total. The van der Waals surface area contributed by atoms with Gasteiger partial charge in [-0.25, -0.2) is 0 Å². The van der Waals surface area contributed by atoms with Crippen molar-refractivity contribution in [2.45, 2.75) is 58.0 Å². The van der Waals surface area contributed by atoms with Crippen LogP contribution in [0, 0.1) is 0 Å². The summed E-state index contributed by atoms with van der Waals surface area (Å²) in [6.07, 6.45) is 6.81. The highest BCUT2D eigenvalue weighted by molar-refractivity contribution is 14.0. The predicted molar refractivity (Wildman–Crippen MR) is 121 cm³/mol. The summed E-state index contributed by atoms with van der Waals surface area (Å²) in [6, 6.07) is 10.6. The fourth-order valence-electron chi connectivity index (χ4n) is 3.41. The lowest BCUT2D eigenvalue weighted by Gasteiger charge is -2.18. The third kappa shape index (κ3) is 6.19. The second-order valence-electron chi connectivity index (χ2n) is 6.87. The van der Waals surface area contributed by atoms with E-state index in [4.69, 9.17) is 0 Å². The molecule has 0 fully saturated rings. The second kappa shape index (κ2) is 11.3. The molecule has 0 spiro atoms. The normalized spacial score (nSPS) is 15.3. The van der Waals surface area contributed by atoms with Gasteiger partial charge >= 0.3 is 0 Å². The van der Waals surface area contributed by atoms with Crippen molar-refractivity contribution in [3.05, 3.63) is 47.5 Å². The summed E-state index contributed by atoms with van der Waals surface area (Å²) < 4.78 is 2.33. The van der Waals surface area contributed by atoms with Gasteiger partial charge in [0.2, 0.25) is 0 Å². The summed E-state index contributed by atoms with van der Waals surface area (Å²) in [4.78, 5) is 4.33. The third-order valence-electron chi connectivity index (χ3n) is 4.93. The number of rotatable bonds is 6. The van der Waals surface area contributed by atoms with E-state index in [2.05, 4.69) is 61.6 Å². The van der Waals surface area contributed by atoms with E-state index < -0.39 is 0 Å². The number of nitrogens with zero attached hydrogens (tertiary/aromatic N) is 4. The molecule has 2 heterocycles. The van der Waals surface area contributed by atoms with Crippen molar-refractivity contribution in [2.75, 3.05) is 13.6 Å². The van der Waals surface area contributed by atoms with Crippen LogP contribution >= 0.6 is 24.0 Å². The fourth-order valence-corrected chi connectivity index (χ4v) is 3.41. The monoisotopic (exact) mass is 482 g/mol. The lowest BCUT2D eigenvalue weighted by molar-refractivity contribution is 0.592. The molecule has 0 aliphatic carbocycles. The molecule has 0 saturated heterocycles. The molecule has 1 aliphatic heterocycles. The van der Waals surface area contributed by atoms with Crippen LogP contribution in [0.5, 0.6) is 0 Å². The Kier molecular flexibility index (Phi) is 9.03. The molecule has 0 radical (unpaired) electrons. The van der Waals surface area contributed by atoms with Gasteiger partial charge in [0.1, 0.15) is 11.6 Å². The summed E-state index contributed by atoms with van der Waals surface area (Å²) in [5.41, 5.74) is 1.25. The van der Waals surface area contributed by atoms with Crippen molar-refractivity contribution in [3.8, 4) is 0 Å². The smallest absolute Gasteiger partial charge is 0.191 e. The standard InChI is InChI=1S/C20H30N6.HI/c1-16(17-10-5-3-6-11-17)23-20(21-2)22-14-9-13-19-25-24-18-12-7-4-8-15-26(18)19;/h3,5-6,10-11,16H,4,7-9,12-15H2,1-2H3,(H2,21,22,23);1H. The summed E-state index contributed by atoms with van der Waals surface area (Å²) in [6.45, 7) is 4.08. The van der Waals surface area contributed by atoms with Crippen LogP contribution in [0.15, 0.2) is 35.3 Å². The molecule has 148 valence electrons. The number of aryl methyl sites for hydroxylation is 2. The van der Waals surface area contributed by atoms with Crippen molar-refractivity contribution in [3.63, 3.8) is 0 Å². The Morgan fingerprint density at radius 2 is 2.00 bits per heavy atom. The Morgan fingerprint density at radius 1 is 1.19 bits per heavy atom. The minimum absolute atomic E-state index is 0. The number of aliphatic imine (C=N–C) groups is 1. The summed E-state index contributed by atoms with van der Waals surface area (Å²) >= 11 is 0. The lowest BCUT2D eigenvalue weighted by Crippen LogP contribution is -2.39. The average Bonchev–Trinajstić information content (AvgIpc) is 2.90. The molecule has 1 aromatic carbocycles. The summed E-state index contributed by atoms with van der Waals surface area (Å²) in [5.74, 6) is 3.13. The zero-order valence-electron chi connectivity index (χ0n) is 16.3. The summed E-state index contributed by atoms with van der Waals surface area (Å²) in [7, 11) is 1.81. The second-order valence-corrected chi connectivity index (χ2v) is 6.87. The first-order chi connectivity index (χ1) is 12.8. The average molecular weight is 482 g/mol. The maximum atomic E-state index is 4.40. The molecule has 1 atom stereocenters. The van der Waals surface area contributed by atoms with Crippen molar-refractivity contribution in [1.29, 1.82) is 0 Å². The molecular formula is C20H31IN6. The fraction of sp³-hybridized carbons (Fsp3) is 0.550. The Labute approximate surface area is 179 Å². The summed E-state index contributed by atoms with van der Waals surface area (Å²) in [5, 5.41) is 15.6. The number of nitrogens with one attached hydrogen (secondary N) is 2. The van der Waals surface area contributed by atoms with Gasteiger partial charge in [-0.05, 0) is 31.7 Å². The first-order valence-electron chi connectivity index (χ1n) is 9.71. The topological polar surface area (TPSA) is 67.1 Å². The molecule has 0 saturated carbocycles. The van der Waals surface area contributed by atoms with Crippen molar-refractivity contribution in [1.82, 2.24) is 25.4 Å². The number of fused-ring (bicyclic) bond motifs is 1. The first-order valence-corrected chi connectivity index (χ1v) is 9.71. The van der Waals surface area contributed by atoms with Crippen LogP contribution in [-0.2, 0) is 19.4 Å². The van der Waals surface area contributed by atoms with Crippen LogP contribution in [0.3, 0.4) is 0 Å².